The van der Waals surface area contributed by atoms with Crippen molar-refractivity contribution in [2.24, 2.45) is 0 Å². The van der Waals surface area contributed by atoms with Crippen LogP contribution in [0.15, 0.2) is 0 Å². The molecule has 3 unspecified atom stereocenters. The number of amides is 1. The van der Waals surface area contributed by atoms with E-state index in [9.17, 15) is 4.79 Å². The first-order valence-corrected chi connectivity index (χ1v) is 8.94. The summed E-state index contributed by atoms with van der Waals surface area (Å²) in [5.74, 6) is 1.13. The maximum absolute atomic E-state index is 11.8. The lowest BCUT2D eigenvalue weighted by atomic mass is 9.90. The van der Waals surface area contributed by atoms with Crippen molar-refractivity contribution in [3.63, 3.8) is 0 Å². The number of hydrogen-bond donors (Lipinski definition) is 2. The van der Waals surface area contributed by atoms with Crippen LogP contribution < -0.4 is 10.6 Å². The van der Waals surface area contributed by atoms with E-state index in [1.807, 2.05) is 32.5 Å². The molecule has 2 N–H and O–H groups in total. The fourth-order valence-electron chi connectivity index (χ4n) is 2.65. The maximum atomic E-state index is 11.8. The molecule has 5 heteroatoms. The smallest absolute Gasteiger partial charge is 0.407 e. The molecule has 20 heavy (non-hydrogen) atoms. The minimum absolute atomic E-state index is 0.234. The average molecular weight is 302 g/mol. The standard InChI is InChI=1S/C15H30N2O2S/c1-11(10-20-5)16-12-7-6-8-13(9-12)17-14(18)19-15(2,3)4/h11-13,16H,6-10H2,1-5H3,(H,17,18). The van der Waals surface area contributed by atoms with Crippen molar-refractivity contribution in [3.05, 3.63) is 0 Å². The van der Waals surface area contributed by atoms with Crippen LogP contribution in [0.3, 0.4) is 0 Å². The molecule has 0 aromatic rings. The monoisotopic (exact) mass is 302 g/mol. The molecule has 1 saturated carbocycles. The number of thioether (sulfide) groups is 1. The molecule has 0 aliphatic heterocycles. The van der Waals surface area contributed by atoms with Gasteiger partial charge in [0.15, 0.2) is 0 Å². The van der Waals surface area contributed by atoms with Crippen molar-refractivity contribution in [3.8, 4) is 0 Å². The van der Waals surface area contributed by atoms with Crippen LogP contribution in [0.4, 0.5) is 4.79 Å². The molecule has 4 nitrogen and oxygen atoms in total. The lowest BCUT2D eigenvalue weighted by Crippen LogP contribution is -2.47. The van der Waals surface area contributed by atoms with Crippen LogP contribution in [-0.2, 0) is 4.74 Å². The van der Waals surface area contributed by atoms with Gasteiger partial charge in [-0.2, -0.15) is 11.8 Å². The second-order valence-corrected chi connectivity index (χ2v) is 7.64. The van der Waals surface area contributed by atoms with Crippen molar-refractivity contribution in [2.45, 2.75) is 77.1 Å². The van der Waals surface area contributed by atoms with E-state index in [0.29, 0.717) is 12.1 Å². The molecule has 0 radical (unpaired) electrons. The van der Waals surface area contributed by atoms with E-state index in [-0.39, 0.29) is 12.1 Å². The van der Waals surface area contributed by atoms with Gasteiger partial charge in [0, 0.05) is 23.9 Å². The highest BCUT2D eigenvalue weighted by Crippen LogP contribution is 2.20. The van der Waals surface area contributed by atoms with Crippen LogP contribution in [0, 0.1) is 0 Å². The Kier molecular flexibility index (Phi) is 7.17. The van der Waals surface area contributed by atoms with Gasteiger partial charge in [-0.1, -0.05) is 0 Å². The van der Waals surface area contributed by atoms with E-state index >= 15 is 0 Å². The van der Waals surface area contributed by atoms with Gasteiger partial charge < -0.3 is 15.4 Å². The normalized spacial score (nSPS) is 25.1. The third-order valence-corrected chi connectivity index (χ3v) is 4.17. The number of alkyl carbamates (subject to hydrolysis) is 1. The number of ether oxygens (including phenoxy) is 1. The number of carbonyl (C=O) groups excluding carboxylic acids is 1. The quantitative estimate of drug-likeness (QED) is 0.819. The van der Waals surface area contributed by atoms with Gasteiger partial charge in [0.05, 0.1) is 0 Å². The first-order valence-electron chi connectivity index (χ1n) is 7.54. The van der Waals surface area contributed by atoms with Crippen LogP contribution >= 0.6 is 11.8 Å². The van der Waals surface area contributed by atoms with E-state index in [2.05, 4.69) is 23.8 Å². The fourth-order valence-corrected chi connectivity index (χ4v) is 3.24. The highest BCUT2D eigenvalue weighted by atomic mass is 32.2. The summed E-state index contributed by atoms with van der Waals surface area (Å²) in [6.45, 7) is 7.90. The zero-order valence-corrected chi connectivity index (χ0v) is 14.3. The molecule has 1 amide bonds. The van der Waals surface area contributed by atoms with Gasteiger partial charge in [-0.3, -0.25) is 0 Å². The fraction of sp³-hybridized carbons (Fsp3) is 0.933. The summed E-state index contributed by atoms with van der Waals surface area (Å²) >= 11 is 1.86. The minimum Gasteiger partial charge on any atom is -0.444 e. The van der Waals surface area contributed by atoms with Gasteiger partial charge in [0.1, 0.15) is 5.60 Å². The topological polar surface area (TPSA) is 50.4 Å². The van der Waals surface area contributed by atoms with Crippen LogP contribution in [0.5, 0.6) is 0 Å². The molecular formula is C15H30N2O2S. The van der Waals surface area contributed by atoms with E-state index in [4.69, 9.17) is 4.74 Å². The first kappa shape index (κ1) is 17.6. The zero-order chi connectivity index (χ0) is 15.2. The summed E-state index contributed by atoms with van der Waals surface area (Å²) in [6, 6.07) is 1.26. The number of carbonyl (C=O) groups is 1. The van der Waals surface area contributed by atoms with E-state index < -0.39 is 5.60 Å². The molecule has 3 atom stereocenters. The predicted octanol–water partition coefficient (Wildman–Crippen LogP) is 3.16. The molecule has 1 rings (SSSR count). The highest BCUT2D eigenvalue weighted by Gasteiger charge is 2.25. The van der Waals surface area contributed by atoms with Crippen molar-refractivity contribution >= 4 is 17.9 Å². The van der Waals surface area contributed by atoms with Gasteiger partial charge in [-0.25, -0.2) is 4.79 Å². The largest absolute Gasteiger partial charge is 0.444 e. The lowest BCUT2D eigenvalue weighted by molar-refractivity contribution is 0.0488. The Morgan fingerprint density at radius 2 is 2.00 bits per heavy atom. The summed E-state index contributed by atoms with van der Waals surface area (Å²) < 4.78 is 5.32. The third kappa shape index (κ3) is 7.39. The minimum atomic E-state index is -0.427. The summed E-state index contributed by atoms with van der Waals surface area (Å²) in [4.78, 5) is 11.8. The Morgan fingerprint density at radius 3 is 2.60 bits per heavy atom. The van der Waals surface area contributed by atoms with Gasteiger partial charge in [-0.15, -0.1) is 0 Å². The molecule has 0 aromatic carbocycles. The number of nitrogens with one attached hydrogen (secondary N) is 2. The van der Waals surface area contributed by atoms with Gasteiger partial charge in [0.2, 0.25) is 0 Å². The summed E-state index contributed by atoms with van der Waals surface area (Å²) in [5, 5.41) is 6.66. The summed E-state index contributed by atoms with van der Waals surface area (Å²) in [6.07, 6.45) is 6.24. The third-order valence-electron chi connectivity index (χ3n) is 3.33. The van der Waals surface area contributed by atoms with Crippen LogP contribution in [0.25, 0.3) is 0 Å². The molecule has 118 valence electrons. The summed E-state index contributed by atoms with van der Waals surface area (Å²) in [5.41, 5.74) is -0.427. The summed E-state index contributed by atoms with van der Waals surface area (Å²) in [7, 11) is 0. The molecule has 0 bridgehead atoms. The molecule has 0 saturated heterocycles. The van der Waals surface area contributed by atoms with E-state index in [1.54, 1.807) is 0 Å². The van der Waals surface area contributed by atoms with Gasteiger partial charge >= 0.3 is 6.09 Å². The Hall–Kier alpha value is -0.420. The Bertz CT molecular complexity index is 305. The number of rotatable bonds is 5. The molecule has 1 fully saturated rings. The van der Waals surface area contributed by atoms with Crippen LogP contribution in [0.2, 0.25) is 0 Å². The van der Waals surface area contributed by atoms with E-state index in [1.165, 1.54) is 6.42 Å². The lowest BCUT2D eigenvalue weighted by Gasteiger charge is -2.32. The van der Waals surface area contributed by atoms with Crippen LogP contribution in [-0.4, -0.2) is 41.8 Å². The molecule has 0 heterocycles. The first-order chi connectivity index (χ1) is 9.30. The van der Waals surface area contributed by atoms with Gasteiger partial charge in [-0.05, 0) is 59.6 Å². The van der Waals surface area contributed by atoms with Crippen molar-refractivity contribution < 1.29 is 9.53 Å². The SMILES string of the molecule is CSCC(C)NC1CCCC(NC(=O)OC(C)(C)C)C1. The Balaban J connectivity index is 2.35. The number of hydrogen-bond acceptors (Lipinski definition) is 4. The predicted molar refractivity (Wildman–Crippen MR) is 86.4 cm³/mol. The highest BCUT2D eigenvalue weighted by molar-refractivity contribution is 7.98. The average Bonchev–Trinajstić information content (AvgIpc) is 2.26. The molecule has 0 aromatic heterocycles. The van der Waals surface area contributed by atoms with Crippen molar-refractivity contribution in [1.82, 2.24) is 10.6 Å². The molecule has 1 aliphatic carbocycles. The Morgan fingerprint density at radius 1 is 1.35 bits per heavy atom. The zero-order valence-electron chi connectivity index (χ0n) is 13.5. The second kappa shape index (κ2) is 8.13. The van der Waals surface area contributed by atoms with Crippen molar-refractivity contribution in [1.29, 1.82) is 0 Å². The van der Waals surface area contributed by atoms with Gasteiger partial charge in [0.25, 0.3) is 0 Å². The Labute approximate surface area is 127 Å². The van der Waals surface area contributed by atoms with E-state index in [0.717, 1.165) is 25.0 Å². The van der Waals surface area contributed by atoms with Crippen LogP contribution in [0.1, 0.15) is 53.4 Å². The van der Waals surface area contributed by atoms with Crippen molar-refractivity contribution in [2.75, 3.05) is 12.0 Å². The molecule has 0 spiro atoms. The maximum Gasteiger partial charge on any atom is 0.407 e. The second-order valence-electron chi connectivity index (χ2n) is 6.73. The molecule has 1 aliphatic rings. The molecular weight excluding hydrogens is 272 g/mol.